The van der Waals surface area contributed by atoms with E-state index < -0.39 is 5.82 Å². The van der Waals surface area contributed by atoms with Crippen LogP contribution in [0.1, 0.15) is 11.4 Å². The molecule has 0 unspecified atom stereocenters. The minimum atomic E-state index is -0.438. The van der Waals surface area contributed by atoms with Gasteiger partial charge < -0.3 is 0 Å². The van der Waals surface area contributed by atoms with Crippen molar-refractivity contribution < 1.29 is 4.39 Å². The second-order valence-corrected chi connectivity index (χ2v) is 5.08. The molecule has 21 heavy (non-hydrogen) atoms. The summed E-state index contributed by atoms with van der Waals surface area (Å²) in [7, 11) is 0. The summed E-state index contributed by atoms with van der Waals surface area (Å²) in [4.78, 5) is 4.35. The van der Waals surface area contributed by atoms with Gasteiger partial charge in [-0.2, -0.15) is 5.26 Å². The molecule has 0 amide bonds. The Kier molecular flexibility index (Phi) is 3.54. The van der Waals surface area contributed by atoms with Crippen LogP contribution in [0.2, 0.25) is 5.02 Å². The molecule has 2 aromatic carbocycles. The number of nitrogens with zero attached hydrogens (tertiary/aromatic N) is 3. The van der Waals surface area contributed by atoms with E-state index in [2.05, 4.69) is 11.1 Å². The molecule has 6 heteroatoms. The van der Waals surface area contributed by atoms with Crippen molar-refractivity contribution in [2.45, 2.75) is 5.88 Å². The third-order valence-corrected chi connectivity index (χ3v) is 3.62. The van der Waals surface area contributed by atoms with Gasteiger partial charge in [-0.25, -0.2) is 9.37 Å². The first-order valence-corrected chi connectivity index (χ1v) is 6.98. The lowest BCUT2D eigenvalue weighted by Crippen LogP contribution is -2.02. The van der Waals surface area contributed by atoms with Gasteiger partial charge in [0.1, 0.15) is 23.2 Å². The van der Waals surface area contributed by atoms with Crippen molar-refractivity contribution in [3.8, 4) is 11.8 Å². The molecular weight excluding hydrogens is 312 g/mol. The average molecular weight is 320 g/mol. The lowest BCUT2D eigenvalue weighted by molar-refractivity contribution is 0.618. The van der Waals surface area contributed by atoms with Crippen LogP contribution in [0.4, 0.5) is 4.39 Å². The van der Waals surface area contributed by atoms with Gasteiger partial charge in [0, 0.05) is 5.02 Å². The molecule has 0 bridgehead atoms. The maximum atomic E-state index is 14.1. The van der Waals surface area contributed by atoms with Crippen LogP contribution < -0.4 is 0 Å². The van der Waals surface area contributed by atoms with E-state index in [0.717, 1.165) is 0 Å². The van der Waals surface area contributed by atoms with E-state index >= 15 is 0 Å². The van der Waals surface area contributed by atoms with E-state index in [9.17, 15) is 4.39 Å². The summed E-state index contributed by atoms with van der Waals surface area (Å²) < 4.78 is 15.7. The largest absolute Gasteiger partial charge is 0.292 e. The Morgan fingerprint density at radius 1 is 1.29 bits per heavy atom. The minimum Gasteiger partial charge on any atom is -0.292 e. The number of halogens is 3. The van der Waals surface area contributed by atoms with Crippen molar-refractivity contribution in [2.75, 3.05) is 0 Å². The number of rotatable bonds is 2. The van der Waals surface area contributed by atoms with E-state index in [1.807, 2.05) is 0 Å². The minimum absolute atomic E-state index is 0.0888. The molecule has 0 aliphatic carbocycles. The normalized spacial score (nSPS) is 10.8. The number of imidazole rings is 1. The monoisotopic (exact) mass is 319 g/mol. The number of para-hydroxylation sites is 1. The van der Waals surface area contributed by atoms with Crippen LogP contribution in [0, 0.1) is 17.1 Å². The Morgan fingerprint density at radius 2 is 2.10 bits per heavy atom. The highest BCUT2D eigenvalue weighted by molar-refractivity contribution is 6.30. The van der Waals surface area contributed by atoms with E-state index in [4.69, 9.17) is 28.5 Å². The second-order valence-electron chi connectivity index (χ2n) is 4.38. The summed E-state index contributed by atoms with van der Waals surface area (Å²) in [5, 5.41) is 9.56. The van der Waals surface area contributed by atoms with Gasteiger partial charge in [-0.05, 0) is 30.3 Å². The van der Waals surface area contributed by atoms with Gasteiger partial charge in [0.05, 0.1) is 22.6 Å². The lowest BCUT2D eigenvalue weighted by Gasteiger charge is -2.09. The number of nitriles is 1. The summed E-state index contributed by atoms with van der Waals surface area (Å²) in [6, 6.07) is 11.5. The first-order valence-electron chi connectivity index (χ1n) is 6.07. The number of alkyl halides is 1. The molecule has 0 saturated carbocycles. The van der Waals surface area contributed by atoms with Crippen molar-refractivity contribution in [1.82, 2.24) is 9.55 Å². The number of fused-ring (bicyclic) bond motifs is 1. The Balaban J connectivity index is 2.42. The van der Waals surface area contributed by atoms with E-state index in [1.54, 1.807) is 22.8 Å². The Morgan fingerprint density at radius 3 is 2.81 bits per heavy atom. The van der Waals surface area contributed by atoms with Crippen molar-refractivity contribution in [2.24, 2.45) is 0 Å². The predicted octanol–water partition coefficient (Wildman–Crippen LogP) is 4.43. The molecule has 0 spiro atoms. The zero-order valence-corrected chi connectivity index (χ0v) is 12.2. The highest BCUT2D eigenvalue weighted by Gasteiger charge is 2.17. The van der Waals surface area contributed by atoms with Crippen molar-refractivity contribution in [3.05, 3.63) is 58.6 Å². The fraction of sp³-hybridized carbons (Fsp3) is 0.0667. The predicted molar refractivity (Wildman–Crippen MR) is 80.3 cm³/mol. The third-order valence-electron chi connectivity index (χ3n) is 3.14. The highest BCUT2D eigenvalue weighted by atomic mass is 35.5. The number of benzene rings is 2. The summed E-state index contributed by atoms with van der Waals surface area (Å²) in [6.45, 7) is 0. The zero-order valence-electron chi connectivity index (χ0n) is 10.6. The van der Waals surface area contributed by atoms with Gasteiger partial charge in [0.2, 0.25) is 0 Å². The smallest absolute Gasteiger partial charge is 0.147 e. The fourth-order valence-electron chi connectivity index (χ4n) is 2.25. The summed E-state index contributed by atoms with van der Waals surface area (Å²) in [5.74, 6) is 0.105. The molecule has 0 atom stereocenters. The molecule has 0 radical (unpaired) electrons. The first kappa shape index (κ1) is 13.9. The average Bonchev–Trinajstić information content (AvgIpc) is 2.88. The fourth-order valence-corrected chi connectivity index (χ4v) is 2.60. The molecular formula is C15H8Cl2FN3. The van der Waals surface area contributed by atoms with Gasteiger partial charge in [-0.15, -0.1) is 11.6 Å². The molecule has 104 valence electrons. The van der Waals surface area contributed by atoms with Crippen LogP contribution in [0.25, 0.3) is 16.7 Å². The number of aromatic nitrogens is 2. The Labute approximate surface area is 130 Å². The summed E-state index contributed by atoms with van der Waals surface area (Å²) in [6.07, 6.45) is 0. The maximum absolute atomic E-state index is 14.1. The van der Waals surface area contributed by atoms with Crippen LogP contribution >= 0.6 is 23.2 Å². The summed E-state index contributed by atoms with van der Waals surface area (Å²) >= 11 is 11.9. The van der Waals surface area contributed by atoms with Crippen molar-refractivity contribution >= 4 is 34.2 Å². The molecule has 0 aliphatic rings. The van der Waals surface area contributed by atoms with Gasteiger partial charge in [-0.1, -0.05) is 17.7 Å². The van der Waals surface area contributed by atoms with Crippen LogP contribution in [0.15, 0.2) is 36.4 Å². The van der Waals surface area contributed by atoms with Crippen LogP contribution in [0.3, 0.4) is 0 Å². The zero-order chi connectivity index (χ0) is 15.0. The third kappa shape index (κ3) is 2.25. The first-order chi connectivity index (χ1) is 10.2. The topological polar surface area (TPSA) is 41.6 Å². The standard InChI is InChI=1S/C15H8Cl2FN3/c16-7-14-20-15-9(8-19)2-1-3-12(15)21(14)13-6-10(17)4-5-11(13)18/h1-6H,7H2. The lowest BCUT2D eigenvalue weighted by atomic mass is 10.2. The molecule has 3 rings (SSSR count). The van der Waals surface area contributed by atoms with Crippen molar-refractivity contribution in [3.63, 3.8) is 0 Å². The maximum Gasteiger partial charge on any atom is 0.147 e. The van der Waals surface area contributed by atoms with Crippen molar-refractivity contribution in [1.29, 1.82) is 5.26 Å². The van der Waals surface area contributed by atoms with Crippen LogP contribution in [0.5, 0.6) is 0 Å². The highest BCUT2D eigenvalue weighted by Crippen LogP contribution is 2.28. The van der Waals surface area contributed by atoms with Gasteiger partial charge in [0.15, 0.2) is 0 Å². The summed E-state index contributed by atoms with van der Waals surface area (Å²) in [5.41, 5.74) is 1.79. The molecule has 3 aromatic rings. The number of hydrogen-bond acceptors (Lipinski definition) is 2. The molecule has 0 aliphatic heterocycles. The Bertz CT molecular complexity index is 880. The molecule has 0 saturated heterocycles. The number of hydrogen-bond donors (Lipinski definition) is 0. The second kappa shape index (κ2) is 5.36. The van der Waals surface area contributed by atoms with E-state index in [1.165, 1.54) is 18.2 Å². The quantitative estimate of drug-likeness (QED) is 0.656. The van der Waals surface area contributed by atoms with Crippen LogP contribution in [-0.2, 0) is 5.88 Å². The molecule has 1 heterocycles. The molecule has 1 aromatic heterocycles. The van der Waals surface area contributed by atoms with Gasteiger partial charge in [-0.3, -0.25) is 4.57 Å². The Hall–Kier alpha value is -2.09. The van der Waals surface area contributed by atoms with E-state index in [-0.39, 0.29) is 11.6 Å². The van der Waals surface area contributed by atoms with Gasteiger partial charge >= 0.3 is 0 Å². The van der Waals surface area contributed by atoms with E-state index in [0.29, 0.717) is 27.4 Å². The molecule has 3 nitrogen and oxygen atoms in total. The van der Waals surface area contributed by atoms with Crippen LogP contribution in [-0.4, -0.2) is 9.55 Å². The van der Waals surface area contributed by atoms with Gasteiger partial charge in [0.25, 0.3) is 0 Å². The molecule has 0 N–H and O–H groups in total. The molecule has 0 fully saturated rings. The SMILES string of the molecule is N#Cc1cccc2c1nc(CCl)n2-c1cc(Cl)ccc1F.